The van der Waals surface area contributed by atoms with Gasteiger partial charge in [-0.2, -0.15) is 0 Å². The predicted molar refractivity (Wildman–Crippen MR) is 51.5 cm³/mol. The first-order valence-corrected chi connectivity index (χ1v) is 4.21. The van der Waals surface area contributed by atoms with E-state index < -0.39 is 5.97 Å². The molecule has 0 bridgehead atoms. The van der Waals surface area contributed by atoms with Crippen molar-refractivity contribution >= 4 is 17.6 Å². The quantitative estimate of drug-likeness (QED) is 0.537. The van der Waals surface area contributed by atoms with E-state index in [9.17, 15) is 4.79 Å². The van der Waals surface area contributed by atoms with Gasteiger partial charge in [0, 0.05) is 0 Å². The Morgan fingerprint density at radius 1 is 1.38 bits per heavy atom. The molecule has 0 atom stereocenters. The molecule has 0 N–H and O–H groups in total. The zero-order chi connectivity index (χ0) is 9.68. The highest BCUT2D eigenvalue weighted by atomic mass is 35.5. The molecule has 0 radical (unpaired) electrons. The van der Waals surface area contributed by atoms with Crippen molar-refractivity contribution in [1.82, 2.24) is 0 Å². The molecule has 3 heteroatoms. The fraction of sp³-hybridized carbons (Fsp3) is 0.100. The van der Waals surface area contributed by atoms with Gasteiger partial charge in [-0.15, -0.1) is 0 Å². The van der Waals surface area contributed by atoms with Gasteiger partial charge in [0.2, 0.25) is 0 Å². The van der Waals surface area contributed by atoms with E-state index in [0.29, 0.717) is 5.56 Å². The fourth-order valence-corrected chi connectivity index (χ4v) is 0.851. The first-order valence-electron chi connectivity index (χ1n) is 3.83. The molecule has 0 unspecified atom stereocenters. The zero-order valence-corrected chi connectivity index (χ0v) is 7.91. The van der Waals surface area contributed by atoms with Crippen molar-refractivity contribution in [2.45, 2.75) is 6.92 Å². The number of esters is 1. The minimum Gasteiger partial charge on any atom is -0.411 e. The summed E-state index contributed by atoms with van der Waals surface area (Å²) in [7, 11) is 0. The third-order valence-corrected chi connectivity index (χ3v) is 1.72. The molecule has 0 saturated carbocycles. The van der Waals surface area contributed by atoms with Gasteiger partial charge in [-0.05, 0) is 36.7 Å². The van der Waals surface area contributed by atoms with Crippen molar-refractivity contribution in [2.75, 3.05) is 0 Å². The van der Waals surface area contributed by atoms with Crippen LogP contribution in [-0.4, -0.2) is 5.97 Å². The normalized spacial score (nSPS) is 11.1. The number of hydrogen-bond donors (Lipinski definition) is 0. The van der Waals surface area contributed by atoms with Gasteiger partial charge in [-0.3, -0.25) is 0 Å². The number of ether oxygens (including phenoxy) is 1. The summed E-state index contributed by atoms with van der Waals surface area (Å²) in [6.45, 7) is 1.70. The van der Waals surface area contributed by atoms with E-state index in [2.05, 4.69) is 0 Å². The van der Waals surface area contributed by atoms with Gasteiger partial charge >= 0.3 is 5.97 Å². The number of allylic oxidation sites excluding steroid dienone is 1. The standard InChI is InChI=1S/C10H9ClO2/c1-2-9(11)13-10(12)8-6-4-3-5-7-8/h2-7H,1H3/b9-2-. The maximum absolute atomic E-state index is 11.3. The summed E-state index contributed by atoms with van der Waals surface area (Å²) in [5, 5.41) is 0.0915. The lowest BCUT2D eigenvalue weighted by Gasteiger charge is -2.00. The van der Waals surface area contributed by atoms with E-state index in [1.165, 1.54) is 6.08 Å². The molecule has 1 rings (SSSR count). The summed E-state index contributed by atoms with van der Waals surface area (Å²) in [5.74, 6) is -0.441. The SMILES string of the molecule is C/C=C(/Cl)OC(=O)c1ccccc1. The van der Waals surface area contributed by atoms with Crippen molar-refractivity contribution in [1.29, 1.82) is 0 Å². The van der Waals surface area contributed by atoms with Gasteiger partial charge in [-0.1, -0.05) is 18.2 Å². The van der Waals surface area contributed by atoms with Crippen LogP contribution in [0.1, 0.15) is 17.3 Å². The zero-order valence-electron chi connectivity index (χ0n) is 7.16. The Balaban J connectivity index is 2.70. The Hall–Kier alpha value is -1.28. The number of hydrogen-bond acceptors (Lipinski definition) is 2. The van der Waals surface area contributed by atoms with Gasteiger partial charge in [0.1, 0.15) is 0 Å². The lowest BCUT2D eigenvalue weighted by Crippen LogP contribution is -2.01. The topological polar surface area (TPSA) is 26.3 Å². The largest absolute Gasteiger partial charge is 0.411 e. The summed E-state index contributed by atoms with van der Waals surface area (Å²) in [5.41, 5.74) is 0.488. The van der Waals surface area contributed by atoms with E-state index in [4.69, 9.17) is 16.3 Å². The van der Waals surface area contributed by atoms with Gasteiger partial charge in [-0.25, -0.2) is 4.79 Å². The molecule has 0 aromatic heterocycles. The highest BCUT2D eigenvalue weighted by Gasteiger charge is 2.06. The molecule has 0 spiro atoms. The summed E-state index contributed by atoms with van der Waals surface area (Å²) >= 11 is 5.53. The average molecular weight is 197 g/mol. The van der Waals surface area contributed by atoms with Crippen LogP contribution in [0.5, 0.6) is 0 Å². The van der Waals surface area contributed by atoms with Gasteiger partial charge < -0.3 is 4.74 Å². The van der Waals surface area contributed by atoms with E-state index in [0.717, 1.165) is 0 Å². The number of carbonyl (C=O) groups excluding carboxylic acids is 1. The minimum absolute atomic E-state index is 0.0915. The van der Waals surface area contributed by atoms with Crippen LogP contribution in [-0.2, 0) is 4.74 Å². The summed E-state index contributed by atoms with van der Waals surface area (Å²) < 4.78 is 4.77. The van der Waals surface area contributed by atoms with Crippen molar-refractivity contribution in [2.24, 2.45) is 0 Å². The molecule has 0 fully saturated rings. The van der Waals surface area contributed by atoms with Crippen LogP contribution in [0, 0.1) is 0 Å². The van der Waals surface area contributed by atoms with Crippen LogP contribution in [0.2, 0.25) is 0 Å². The maximum atomic E-state index is 11.3. The highest BCUT2D eigenvalue weighted by molar-refractivity contribution is 6.29. The molecular weight excluding hydrogens is 188 g/mol. The molecule has 0 aliphatic heterocycles. The van der Waals surface area contributed by atoms with Crippen LogP contribution in [0.4, 0.5) is 0 Å². The van der Waals surface area contributed by atoms with Gasteiger partial charge in [0.15, 0.2) is 5.22 Å². The second-order valence-corrected chi connectivity index (χ2v) is 2.72. The number of rotatable bonds is 2. The first kappa shape index (κ1) is 9.81. The molecule has 0 heterocycles. The van der Waals surface area contributed by atoms with Crippen molar-refractivity contribution in [3.05, 3.63) is 47.2 Å². The molecule has 0 saturated heterocycles. The third-order valence-electron chi connectivity index (χ3n) is 1.43. The Kier molecular flexibility index (Phi) is 3.53. The van der Waals surface area contributed by atoms with E-state index in [1.54, 1.807) is 31.2 Å². The second-order valence-electron chi connectivity index (χ2n) is 2.35. The predicted octanol–water partition coefficient (Wildman–Crippen LogP) is 2.94. The second kappa shape index (κ2) is 4.67. The van der Waals surface area contributed by atoms with Crippen LogP contribution in [0.15, 0.2) is 41.6 Å². The van der Waals surface area contributed by atoms with Crippen molar-refractivity contribution in [3.63, 3.8) is 0 Å². The fourth-order valence-electron chi connectivity index (χ4n) is 0.781. The highest BCUT2D eigenvalue weighted by Crippen LogP contribution is 2.08. The summed E-state index contributed by atoms with van der Waals surface area (Å²) in [6, 6.07) is 8.69. The number of benzene rings is 1. The minimum atomic E-state index is -0.441. The lowest BCUT2D eigenvalue weighted by atomic mass is 10.2. The van der Waals surface area contributed by atoms with Crippen LogP contribution < -0.4 is 0 Å². The average Bonchev–Trinajstić information content (AvgIpc) is 2.19. The van der Waals surface area contributed by atoms with Crippen molar-refractivity contribution in [3.8, 4) is 0 Å². The molecule has 0 aliphatic carbocycles. The Labute approximate surface area is 81.8 Å². The van der Waals surface area contributed by atoms with Crippen LogP contribution in [0.25, 0.3) is 0 Å². The molecule has 13 heavy (non-hydrogen) atoms. The molecule has 0 aliphatic rings. The maximum Gasteiger partial charge on any atom is 0.344 e. The van der Waals surface area contributed by atoms with Crippen LogP contribution in [0.3, 0.4) is 0 Å². The molecule has 68 valence electrons. The molecule has 1 aromatic carbocycles. The first-order chi connectivity index (χ1) is 6.24. The number of carbonyl (C=O) groups is 1. The molecule has 2 nitrogen and oxygen atoms in total. The Bertz CT molecular complexity index is 317. The Morgan fingerprint density at radius 2 is 2.00 bits per heavy atom. The monoisotopic (exact) mass is 196 g/mol. The van der Waals surface area contributed by atoms with E-state index in [1.807, 2.05) is 6.07 Å². The molecular formula is C10H9ClO2. The summed E-state index contributed by atoms with van der Waals surface area (Å²) in [4.78, 5) is 11.3. The summed E-state index contributed by atoms with van der Waals surface area (Å²) in [6.07, 6.45) is 1.52. The smallest absolute Gasteiger partial charge is 0.344 e. The van der Waals surface area contributed by atoms with Gasteiger partial charge in [0.05, 0.1) is 5.56 Å². The molecule has 1 aromatic rings. The van der Waals surface area contributed by atoms with Crippen molar-refractivity contribution < 1.29 is 9.53 Å². The number of halogens is 1. The third kappa shape index (κ3) is 2.92. The Morgan fingerprint density at radius 3 is 2.54 bits per heavy atom. The lowest BCUT2D eigenvalue weighted by molar-refractivity contribution is 0.0649. The molecule has 0 amide bonds. The van der Waals surface area contributed by atoms with E-state index in [-0.39, 0.29) is 5.22 Å². The van der Waals surface area contributed by atoms with Crippen LogP contribution >= 0.6 is 11.6 Å². The van der Waals surface area contributed by atoms with E-state index >= 15 is 0 Å². The van der Waals surface area contributed by atoms with Gasteiger partial charge in [0.25, 0.3) is 0 Å².